The first-order valence-corrected chi connectivity index (χ1v) is 8.40. The Hall–Kier alpha value is -2.96. The second kappa shape index (κ2) is 6.16. The predicted octanol–water partition coefficient (Wildman–Crippen LogP) is 1.39. The molecule has 4 rings (SSSR count). The molecule has 25 heavy (non-hydrogen) atoms. The molecule has 2 N–H and O–H groups in total. The van der Waals surface area contributed by atoms with Crippen molar-refractivity contribution >= 4 is 16.7 Å². The third-order valence-electron chi connectivity index (χ3n) is 4.81. The Bertz CT molecular complexity index is 1000. The van der Waals surface area contributed by atoms with Gasteiger partial charge >= 0.3 is 0 Å². The van der Waals surface area contributed by atoms with E-state index in [2.05, 4.69) is 20.6 Å². The molecule has 0 saturated heterocycles. The number of benzene rings is 1. The van der Waals surface area contributed by atoms with Crippen LogP contribution in [0, 0.1) is 0 Å². The molecule has 0 bridgehead atoms. The number of hydrogen-bond acceptors (Lipinski definition) is 4. The summed E-state index contributed by atoms with van der Waals surface area (Å²) in [6.45, 7) is 0. The topological polar surface area (TPSA) is 92.7 Å². The van der Waals surface area contributed by atoms with Crippen LogP contribution < -0.4 is 10.9 Å². The Morgan fingerprint density at radius 1 is 1.36 bits per heavy atom. The maximum atomic E-state index is 12.6. The number of nitrogens with zero attached hydrogens (tertiary/aromatic N) is 3. The molecule has 7 nitrogen and oxygen atoms in total. The summed E-state index contributed by atoms with van der Waals surface area (Å²) >= 11 is 0. The van der Waals surface area contributed by atoms with E-state index in [0.717, 1.165) is 24.8 Å². The molecule has 1 aromatic carbocycles. The first kappa shape index (κ1) is 15.6. The van der Waals surface area contributed by atoms with E-state index < -0.39 is 0 Å². The van der Waals surface area contributed by atoms with Crippen molar-refractivity contribution in [2.45, 2.75) is 31.7 Å². The highest BCUT2D eigenvalue weighted by molar-refractivity contribution is 5.88. The van der Waals surface area contributed by atoms with Gasteiger partial charge in [-0.25, -0.2) is 5.10 Å². The maximum absolute atomic E-state index is 12.6. The van der Waals surface area contributed by atoms with E-state index in [-0.39, 0.29) is 23.9 Å². The van der Waals surface area contributed by atoms with Crippen LogP contribution in [-0.2, 0) is 24.7 Å². The molecule has 2 aromatic heterocycles. The molecule has 1 unspecified atom stereocenters. The van der Waals surface area contributed by atoms with Crippen molar-refractivity contribution in [3.8, 4) is 0 Å². The van der Waals surface area contributed by atoms with Crippen molar-refractivity contribution in [1.82, 2.24) is 25.3 Å². The summed E-state index contributed by atoms with van der Waals surface area (Å²) in [6, 6.07) is 7.18. The van der Waals surface area contributed by atoms with Crippen molar-refractivity contribution in [2.24, 2.45) is 7.05 Å². The van der Waals surface area contributed by atoms with E-state index in [9.17, 15) is 9.59 Å². The summed E-state index contributed by atoms with van der Waals surface area (Å²) in [5, 5.41) is 15.2. The van der Waals surface area contributed by atoms with Crippen LogP contribution >= 0.6 is 0 Å². The quantitative estimate of drug-likeness (QED) is 0.755. The molecule has 7 heteroatoms. The third-order valence-corrected chi connectivity index (χ3v) is 4.81. The number of fused-ring (bicyclic) bond motifs is 2. The Morgan fingerprint density at radius 2 is 2.16 bits per heavy atom. The molecule has 0 saturated carbocycles. The summed E-state index contributed by atoms with van der Waals surface area (Å²) < 4.78 is 1.88. The van der Waals surface area contributed by atoms with Gasteiger partial charge in [0.2, 0.25) is 5.91 Å². The molecule has 2 heterocycles. The zero-order chi connectivity index (χ0) is 17.4. The molecule has 0 aliphatic heterocycles. The van der Waals surface area contributed by atoms with Crippen LogP contribution in [0.2, 0.25) is 0 Å². The second-order valence-electron chi connectivity index (χ2n) is 6.40. The zero-order valence-corrected chi connectivity index (χ0v) is 14.0. The number of hydrogen-bond donors (Lipinski definition) is 2. The van der Waals surface area contributed by atoms with Crippen LogP contribution in [-0.4, -0.2) is 25.9 Å². The number of carbonyl (C=O) groups excluding carboxylic acids is 1. The number of aromatic amines is 1. The minimum absolute atomic E-state index is 0.0148. The van der Waals surface area contributed by atoms with Gasteiger partial charge in [-0.3, -0.25) is 14.3 Å². The van der Waals surface area contributed by atoms with Gasteiger partial charge in [0.05, 0.1) is 29.7 Å². The molecule has 3 aromatic rings. The lowest BCUT2D eigenvalue weighted by atomic mass is 9.93. The number of rotatable bonds is 3. The number of nitrogens with one attached hydrogen (secondary N) is 2. The standard InChI is InChI=1S/C18H19N5O2/c1-23-16-8-4-7-14(13(16)10-19-23)20-17(24)9-15-11-5-2-3-6-12(11)18(25)22-21-15/h2-3,5-6,10,14H,4,7-9H2,1H3,(H,20,24)(H,22,25). The van der Waals surface area contributed by atoms with E-state index >= 15 is 0 Å². The summed E-state index contributed by atoms with van der Waals surface area (Å²) in [7, 11) is 1.93. The van der Waals surface area contributed by atoms with Crippen molar-refractivity contribution < 1.29 is 4.79 Å². The van der Waals surface area contributed by atoms with Gasteiger partial charge < -0.3 is 5.32 Å². The van der Waals surface area contributed by atoms with Gasteiger partial charge in [-0.1, -0.05) is 18.2 Å². The van der Waals surface area contributed by atoms with Crippen LogP contribution in [0.1, 0.15) is 35.8 Å². The lowest BCUT2D eigenvalue weighted by molar-refractivity contribution is -0.121. The van der Waals surface area contributed by atoms with Crippen LogP contribution in [0.15, 0.2) is 35.3 Å². The van der Waals surface area contributed by atoms with E-state index in [4.69, 9.17) is 0 Å². The molecular weight excluding hydrogens is 318 g/mol. The van der Waals surface area contributed by atoms with Crippen LogP contribution in [0.25, 0.3) is 10.8 Å². The third kappa shape index (κ3) is 2.82. The zero-order valence-electron chi connectivity index (χ0n) is 14.0. The maximum Gasteiger partial charge on any atom is 0.272 e. The molecule has 1 amide bonds. The average Bonchev–Trinajstić information content (AvgIpc) is 3.00. The fraction of sp³-hybridized carbons (Fsp3) is 0.333. The lowest BCUT2D eigenvalue weighted by Gasteiger charge is -2.23. The molecule has 0 spiro atoms. The SMILES string of the molecule is Cn1ncc2c1CCCC2NC(=O)Cc1n[nH]c(=O)c2ccccc12. The molecule has 1 aliphatic rings. The fourth-order valence-corrected chi connectivity index (χ4v) is 3.56. The van der Waals surface area contributed by atoms with Gasteiger partial charge in [0, 0.05) is 23.7 Å². The highest BCUT2D eigenvalue weighted by Crippen LogP contribution is 2.29. The van der Waals surface area contributed by atoms with Gasteiger partial charge in [0.1, 0.15) is 0 Å². The summed E-state index contributed by atoms with van der Waals surface area (Å²) in [4.78, 5) is 24.4. The normalized spacial score (nSPS) is 16.6. The van der Waals surface area contributed by atoms with E-state index in [1.54, 1.807) is 12.1 Å². The first-order chi connectivity index (χ1) is 12.1. The van der Waals surface area contributed by atoms with E-state index in [1.165, 1.54) is 5.69 Å². The Morgan fingerprint density at radius 3 is 3.00 bits per heavy atom. The average molecular weight is 337 g/mol. The van der Waals surface area contributed by atoms with Gasteiger partial charge in [-0.05, 0) is 25.3 Å². The molecule has 1 atom stereocenters. The Labute approximate surface area is 144 Å². The van der Waals surface area contributed by atoms with Crippen molar-refractivity contribution in [3.63, 3.8) is 0 Å². The van der Waals surface area contributed by atoms with Crippen molar-refractivity contribution in [2.75, 3.05) is 0 Å². The van der Waals surface area contributed by atoms with Crippen molar-refractivity contribution in [1.29, 1.82) is 0 Å². The molecule has 0 fully saturated rings. The largest absolute Gasteiger partial charge is 0.349 e. The number of H-pyrrole nitrogens is 1. The monoisotopic (exact) mass is 337 g/mol. The van der Waals surface area contributed by atoms with E-state index in [0.29, 0.717) is 16.5 Å². The van der Waals surface area contributed by atoms with Gasteiger partial charge in [-0.2, -0.15) is 10.2 Å². The smallest absolute Gasteiger partial charge is 0.272 e. The summed E-state index contributed by atoms with van der Waals surface area (Å²) in [6.07, 6.45) is 4.89. The molecule has 128 valence electrons. The van der Waals surface area contributed by atoms with Crippen molar-refractivity contribution in [3.05, 3.63) is 57.8 Å². The van der Waals surface area contributed by atoms with E-state index in [1.807, 2.05) is 30.1 Å². The number of aromatic nitrogens is 4. The van der Waals surface area contributed by atoms with Gasteiger partial charge in [0.15, 0.2) is 0 Å². The number of carbonyl (C=O) groups is 1. The number of amides is 1. The predicted molar refractivity (Wildman–Crippen MR) is 93.1 cm³/mol. The van der Waals surface area contributed by atoms with Gasteiger partial charge in [-0.15, -0.1) is 0 Å². The highest BCUT2D eigenvalue weighted by atomic mass is 16.1. The highest BCUT2D eigenvalue weighted by Gasteiger charge is 2.25. The van der Waals surface area contributed by atoms with Gasteiger partial charge in [0.25, 0.3) is 5.56 Å². The Kier molecular flexibility index (Phi) is 3.83. The molecule has 1 aliphatic carbocycles. The summed E-state index contributed by atoms with van der Waals surface area (Å²) in [5.74, 6) is -0.105. The minimum Gasteiger partial charge on any atom is -0.349 e. The Balaban J connectivity index is 1.56. The van der Waals surface area contributed by atoms with Crippen LogP contribution in [0.3, 0.4) is 0 Å². The molecular formula is C18H19N5O2. The van der Waals surface area contributed by atoms with Crippen LogP contribution in [0.4, 0.5) is 0 Å². The molecule has 0 radical (unpaired) electrons. The van der Waals surface area contributed by atoms with Crippen LogP contribution in [0.5, 0.6) is 0 Å². The summed E-state index contributed by atoms with van der Waals surface area (Å²) in [5.41, 5.74) is 2.62. The first-order valence-electron chi connectivity index (χ1n) is 8.40. The lowest BCUT2D eigenvalue weighted by Crippen LogP contribution is -2.32. The number of aryl methyl sites for hydroxylation is 1. The fourth-order valence-electron chi connectivity index (χ4n) is 3.56. The second-order valence-corrected chi connectivity index (χ2v) is 6.40. The minimum atomic E-state index is -0.243.